The van der Waals surface area contributed by atoms with Crippen LogP contribution in [0.1, 0.15) is 22.3 Å². The SMILES string of the molecule is O=C(C1=CCCO1)c1ccc(Br)c(C(F)(F)F)c1. The summed E-state index contributed by atoms with van der Waals surface area (Å²) < 4.78 is 43.0. The van der Waals surface area contributed by atoms with Gasteiger partial charge in [0, 0.05) is 16.5 Å². The fourth-order valence-electron chi connectivity index (χ4n) is 1.60. The third-order valence-corrected chi connectivity index (χ3v) is 3.15. The number of hydrogen-bond donors (Lipinski definition) is 0. The molecule has 1 aromatic rings. The first-order valence-corrected chi connectivity index (χ1v) is 5.93. The van der Waals surface area contributed by atoms with Crippen molar-refractivity contribution in [3.8, 4) is 0 Å². The minimum atomic E-state index is -4.50. The molecular weight excluding hydrogens is 313 g/mol. The number of ketones is 1. The molecule has 0 N–H and O–H groups in total. The Balaban J connectivity index is 2.38. The van der Waals surface area contributed by atoms with Crippen molar-refractivity contribution in [2.75, 3.05) is 6.61 Å². The molecule has 0 saturated carbocycles. The van der Waals surface area contributed by atoms with Gasteiger partial charge in [-0.15, -0.1) is 0 Å². The Morgan fingerprint density at radius 1 is 1.33 bits per heavy atom. The van der Waals surface area contributed by atoms with Crippen LogP contribution >= 0.6 is 15.9 Å². The molecule has 1 aromatic carbocycles. The van der Waals surface area contributed by atoms with Gasteiger partial charge in [0.25, 0.3) is 0 Å². The first kappa shape index (κ1) is 13.1. The summed E-state index contributed by atoms with van der Waals surface area (Å²) in [5.74, 6) is -0.407. The van der Waals surface area contributed by atoms with Crippen molar-refractivity contribution < 1.29 is 22.7 Å². The molecule has 1 heterocycles. The van der Waals surface area contributed by atoms with Gasteiger partial charge in [0.05, 0.1) is 12.2 Å². The molecule has 0 saturated heterocycles. The van der Waals surface area contributed by atoms with Crippen LogP contribution in [0.4, 0.5) is 13.2 Å². The van der Waals surface area contributed by atoms with Gasteiger partial charge in [-0.3, -0.25) is 4.79 Å². The maximum atomic E-state index is 12.7. The molecule has 0 aromatic heterocycles. The molecule has 0 aliphatic carbocycles. The molecule has 0 atom stereocenters. The lowest BCUT2D eigenvalue weighted by molar-refractivity contribution is -0.138. The van der Waals surface area contributed by atoms with Gasteiger partial charge >= 0.3 is 6.18 Å². The normalized spacial score (nSPS) is 15.2. The zero-order valence-corrected chi connectivity index (χ0v) is 10.6. The van der Waals surface area contributed by atoms with Gasteiger partial charge in [-0.05, 0) is 24.3 Å². The number of rotatable bonds is 2. The molecule has 0 radical (unpaired) electrons. The van der Waals surface area contributed by atoms with Gasteiger partial charge in [-0.1, -0.05) is 15.9 Å². The molecule has 0 unspecified atom stereocenters. The number of Topliss-reactive ketones (excluding diaryl/α,β-unsaturated/α-hetero) is 1. The van der Waals surface area contributed by atoms with Crippen LogP contribution in [0.5, 0.6) is 0 Å². The van der Waals surface area contributed by atoms with Gasteiger partial charge in [-0.25, -0.2) is 0 Å². The van der Waals surface area contributed by atoms with Crippen molar-refractivity contribution in [1.29, 1.82) is 0 Å². The maximum absolute atomic E-state index is 12.7. The number of halogens is 4. The van der Waals surface area contributed by atoms with E-state index in [1.54, 1.807) is 6.08 Å². The molecule has 1 aliphatic rings. The van der Waals surface area contributed by atoms with Crippen molar-refractivity contribution in [2.24, 2.45) is 0 Å². The minimum Gasteiger partial charge on any atom is -0.489 e. The Bertz CT molecular complexity index is 521. The minimum absolute atomic E-state index is 0.0290. The smallest absolute Gasteiger partial charge is 0.417 e. The van der Waals surface area contributed by atoms with Crippen LogP contribution in [-0.2, 0) is 10.9 Å². The van der Waals surface area contributed by atoms with E-state index < -0.39 is 17.5 Å². The molecule has 18 heavy (non-hydrogen) atoms. The number of ether oxygens (including phenoxy) is 1. The zero-order valence-electron chi connectivity index (χ0n) is 9.05. The fourth-order valence-corrected chi connectivity index (χ4v) is 2.07. The summed E-state index contributed by atoms with van der Waals surface area (Å²) >= 11 is 2.82. The molecule has 0 bridgehead atoms. The van der Waals surface area contributed by atoms with Crippen molar-refractivity contribution in [2.45, 2.75) is 12.6 Å². The molecular formula is C12H8BrF3O2. The molecule has 0 spiro atoms. The van der Waals surface area contributed by atoms with Crippen molar-refractivity contribution in [1.82, 2.24) is 0 Å². The van der Waals surface area contributed by atoms with Crippen molar-refractivity contribution in [3.05, 3.63) is 45.6 Å². The molecule has 6 heteroatoms. The van der Waals surface area contributed by atoms with Crippen LogP contribution in [0.25, 0.3) is 0 Å². The Morgan fingerprint density at radius 3 is 2.61 bits per heavy atom. The van der Waals surface area contributed by atoms with E-state index >= 15 is 0 Å². The Kier molecular flexibility index (Phi) is 3.47. The summed E-state index contributed by atoms with van der Waals surface area (Å²) in [7, 11) is 0. The summed E-state index contributed by atoms with van der Waals surface area (Å²) in [4.78, 5) is 11.9. The highest BCUT2D eigenvalue weighted by molar-refractivity contribution is 9.10. The molecule has 1 aliphatic heterocycles. The number of carbonyl (C=O) groups excluding carboxylic acids is 1. The van der Waals surface area contributed by atoms with Crippen LogP contribution in [0.3, 0.4) is 0 Å². The average Bonchev–Trinajstić information content (AvgIpc) is 2.80. The number of allylic oxidation sites excluding steroid dienone is 1. The quantitative estimate of drug-likeness (QED) is 0.771. The zero-order chi connectivity index (χ0) is 13.3. The highest BCUT2D eigenvalue weighted by atomic mass is 79.9. The second kappa shape index (κ2) is 4.76. The molecule has 96 valence electrons. The molecule has 0 amide bonds. The van der Waals surface area contributed by atoms with E-state index in [0.29, 0.717) is 13.0 Å². The Morgan fingerprint density at radius 2 is 2.06 bits per heavy atom. The van der Waals surface area contributed by atoms with E-state index in [-0.39, 0.29) is 15.8 Å². The fraction of sp³-hybridized carbons (Fsp3) is 0.250. The topological polar surface area (TPSA) is 26.3 Å². The summed E-state index contributed by atoms with van der Waals surface area (Å²) in [5, 5.41) is 0. The summed E-state index contributed by atoms with van der Waals surface area (Å²) in [6.45, 7) is 0.393. The lowest BCUT2D eigenvalue weighted by atomic mass is 10.1. The van der Waals surface area contributed by atoms with E-state index in [4.69, 9.17) is 4.74 Å². The van der Waals surface area contributed by atoms with E-state index in [9.17, 15) is 18.0 Å². The third kappa shape index (κ3) is 2.58. The number of benzene rings is 1. The average molecular weight is 321 g/mol. The van der Waals surface area contributed by atoms with Crippen LogP contribution in [0.2, 0.25) is 0 Å². The van der Waals surface area contributed by atoms with Crippen LogP contribution in [-0.4, -0.2) is 12.4 Å². The maximum Gasteiger partial charge on any atom is 0.417 e. The van der Waals surface area contributed by atoms with E-state index in [0.717, 1.165) is 6.07 Å². The lowest BCUT2D eigenvalue weighted by Crippen LogP contribution is -2.10. The summed E-state index contributed by atoms with van der Waals surface area (Å²) in [6.07, 6.45) is -2.32. The predicted octanol–water partition coefficient (Wildman–Crippen LogP) is 3.95. The Hall–Kier alpha value is -1.30. The van der Waals surface area contributed by atoms with Crippen LogP contribution in [0, 0.1) is 0 Å². The predicted molar refractivity (Wildman–Crippen MR) is 62.1 cm³/mol. The number of carbonyl (C=O) groups is 1. The number of alkyl halides is 3. The second-order valence-electron chi connectivity index (χ2n) is 3.73. The van der Waals surface area contributed by atoms with Crippen LogP contribution < -0.4 is 0 Å². The molecule has 2 rings (SSSR count). The summed E-state index contributed by atoms with van der Waals surface area (Å²) in [5.41, 5.74) is -0.898. The monoisotopic (exact) mass is 320 g/mol. The largest absolute Gasteiger partial charge is 0.489 e. The van der Waals surface area contributed by atoms with E-state index in [2.05, 4.69) is 15.9 Å². The van der Waals surface area contributed by atoms with Gasteiger partial charge in [-0.2, -0.15) is 13.2 Å². The Labute approximate surface area is 110 Å². The van der Waals surface area contributed by atoms with Crippen LogP contribution in [0.15, 0.2) is 34.5 Å². The van der Waals surface area contributed by atoms with Gasteiger partial charge in [0.1, 0.15) is 0 Å². The lowest BCUT2D eigenvalue weighted by Gasteiger charge is -2.11. The van der Waals surface area contributed by atoms with E-state index in [1.165, 1.54) is 12.1 Å². The van der Waals surface area contributed by atoms with Crippen molar-refractivity contribution >= 4 is 21.7 Å². The standard InChI is InChI=1S/C12H8BrF3O2/c13-9-4-3-7(6-8(9)12(14,15)16)11(17)10-2-1-5-18-10/h2-4,6H,1,5H2. The van der Waals surface area contributed by atoms with Gasteiger partial charge < -0.3 is 4.74 Å². The number of hydrogen-bond acceptors (Lipinski definition) is 2. The third-order valence-electron chi connectivity index (χ3n) is 2.46. The second-order valence-corrected chi connectivity index (χ2v) is 4.58. The van der Waals surface area contributed by atoms with Crippen molar-refractivity contribution in [3.63, 3.8) is 0 Å². The van der Waals surface area contributed by atoms with E-state index in [1.807, 2.05) is 0 Å². The molecule has 0 fully saturated rings. The summed E-state index contributed by atoms with van der Waals surface area (Å²) in [6, 6.07) is 3.38. The van der Waals surface area contributed by atoms with Gasteiger partial charge in [0.15, 0.2) is 5.76 Å². The first-order valence-electron chi connectivity index (χ1n) is 5.14. The first-order chi connectivity index (χ1) is 8.39. The molecule has 2 nitrogen and oxygen atoms in total. The highest BCUT2D eigenvalue weighted by Crippen LogP contribution is 2.35. The highest BCUT2D eigenvalue weighted by Gasteiger charge is 2.34. The van der Waals surface area contributed by atoms with Gasteiger partial charge in [0.2, 0.25) is 5.78 Å².